The normalized spacial score (nSPS) is 12.6. The van der Waals surface area contributed by atoms with E-state index in [9.17, 15) is 14.0 Å². The third-order valence-electron chi connectivity index (χ3n) is 3.85. The molecule has 1 amide bonds. The monoisotopic (exact) mass is 323 g/mol. The zero-order valence-electron chi connectivity index (χ0n) is 14.3. The summed E-state index contributed by atoms with van der Waals surface area (Å²) in [7, 11) is 0. The Morgan fingerprint density at radius 2 is 1.87 bits per heavy atom. The highest BCUT2D eigenvalue weighted by Gasteiger charge is 2.20. The lowest BCUT2D eigenvalue weighted by Crippen LogP contribution is -2.36. The number of alkyl carbamates (subject to hydrolysis) is 1. The molecule has 128 valence electrons. The van der Waals surface area contributed by atoms with Crippen LogP contribution in [0.25, 0.3) is 0 Å². The van der Waals surface area contributed by atoms with Gasteiger partial charge in [-0.05, 0) is 56.9 Å². The number of nitrogens with one attached hydrogen (secondary N) is 1. The van der Waals surface area contributed by atoms with E-state index in [0.717, 1.165) is 6.42 Å². The van der Waals surface area contributed by atoms with Crippen LogP contribution in [0, 0.1) is 11.7 Å². The average molecular weight is 323 g/mol. The van der Waals surface area contributed by atoms with E-state index in [0.29, 0.717) is 24.9 Å². The molecule has 0 aliphatic carbocycles. The molecule has 0 aliphatic heterocycles. The van der Waals surface area contributed by atoms with Crippen LogP contribution in [0.4, 0.5) is 9.18 Å². The van der Waals surface area contributed by atoms with E-state index in [4.69, 9.17) is 4.74 Å². The van der Waals surface area contributed by atoms with Crippen LogP contribution in [0.5, 0.6) is 0 Å². The Kier molecular flexibility index (Phi) is 7.20. The fraction of sp³-hybridized carbons (Fsp3) is 0.556. The van der Waals surface area contributed by atoms with Crippen LogP contribution in [0.3, 0.4) is 0 Å². The third-order valence-corrected chi connectivity index (χ3v) is 3.85. The first-order valence-electron chi connectivity index (χ1n) is 7.99. The van der Waals surface area contributed by atoms with Crippen molar-refractivity contribution in [2.24, 2.45) is 5.92 Å². The summed E-state index contributed by atoms with van der Waals surface area (Å²) in [5.41, 5.74) is 0.0296. The van der Waals surface area contributed by atoms with Crippen LogP contribution in [-0.4, -0.2) is 24.0 Å². The number of ether oxygens (including phenoxy) is 1. The number of benzene rings is 1. The zero-order valence-corrected chi connectivity index (χ0v) is 14.3. The largest absolute Gasteiger partial charge is 0.444 e. The first kappa shape index (κ1) is 19.1. The molecule has 1 aromatic carbocycles. The zero-order chi connectivity index (χ0) is 17.5. The molecule has 4 nitrogen and oxygen atoms in total. The number of carbonyl (C=O) groups excluding carboxylic acids is 2. The van der Waals surface area contributed by atoms with Crippen molar-refractivity contribution >= 4 is 11.9 Å². The van der Waals surface area contributed by atoms with Gasteiger partial charge in [-0.15, -0.1) is 0 Å². The van der Waals surface area contributed by atoms with E-state index in [2.05, 4.69) is 5.32 Å². The number of rotatable bonds is 8. The lowest BCUT2D eigenvalue weighted by Gasteiger charge is -2.24. The lowest BCUT2D eigenvalue weighted by molar-refractivity contribution is 0.0357. The third kappa shape index (κ3) is 7.26. The summed E-state index contributed by atoms with van der Waals surface area (Å²) < 4.78 is 18.1. The number of halogens is 1. The molecule has 0 fully saturated rings. The Labute approximate surface area is 137 Å². The maximum Gasteiger partial charge on any atom is 0.407 e. The Morgan fingerprint density at radius 1 is 1.26 bits per heavy atom. The van der Waals surface area contributed by atoms with Crippen molar-refractivity contribution in [3.8, 4) is 0 Å². The van der Waals surface area contributed by atoms with Crippen molar-refractivity contribution < 1.29 is 18.7 Å². The van der Waals surface area contributed by atoms with Gasteiger partial charge in [0.1, 0.15) is 11.4 Å². The molecule has 1 aromatic rings. The Bertz CT molecular complexity index is 526. The highest BCUT2D eigenvalue weighted by Crippen LogP contribution is 2.14. The van der Waals surface area contributed by atoms with Gasteiger partial charge in [0.05, 0.1) is 0 Å². The number of Topliss-reactive ketones (excluding diaryl/α,β-unsaturated/α-hetero) is 1. The summed E-state index contributed by atoms with van der Waals surface area (Å²) >= 11 is 0. The molecular weight excluding hydrogens is 297 g/mol. The second-order valence-electron chi connectivity index (χ2n) is 6.46. The molecule has 5 heteroatoms. The van der Waals surface area contributed by atoms with Crippen molar-refractivity contribution in [3.63, 3.8) is 0 Å². The van der Waals surface area contributed by atoms with Crippen LogP contribution in [0.2, 0.25) is 0 Å². The fourth-order valence-electron chi connectivity index (χ4n) is 1.88. The minimum absolute atomic E-state index is 0.0217. The van der Waals surface area contributed by atoms with Gasteiger partial charge in [0, 0.05) is 18.5 Å². The van der Waals surface area contributed by atoms with Gasteiger partial charge in [-0.2, -0.15) is 0 Å². The summed E-state index contributed by atoms with van der Waals surface area (Å²) in [6.07, 6.45) is 1.31. The van der Waals surface area contributed by atoms with Crippen molar-refractivity contribution in [1.29, 1.82) is 0 Å². The molecule has 0 radical (unpaired) electrons. The van der Waals surface area contributed by atoms with Gasteiger partial charge < -0.3 is 10.1 Å². The second kappa shape index (κ2) is 8.65. The maximum atomic E-state index is 12.8. The van der Waals surface area contributed by atoms with Gasteiger partial charge in [-0.25, -0.2) is 9.18 Å². The molecular formula is C18H26FNO3. The molecule has 1 rings (SSSR count). The molecule has 0 saturated heterocycles. The SMILES string of the molecule is CCC(C)(C)OC(=O)NC[C@@H](C)CCC(=O)c1ccc(F)cc1. The molecule has 23 heavy (non-hydrogen) atoms. The summed E-state index contributed by atoms with van der Waals surface area (Å²) in [6.45, 7) is 8.09. The van der Waals surface area contributed by atoms with Gasteiger partial charge in [0.2, 0.25) is 0 Å². The van der Waals surface area contributed by atoms with E-state index in [1.807, 2.05) is 27.7 Å². The molecule has 0 saturated carbocycles. The van der Waals surface area contributed by atoms with E-state index in [1.165, 1.54) is 24.3 Å². The highest BCUT2D eigenvalue weighted by atomic mass is 19.1. The number of ketones is 1. The van der Waals surface area contributed by atoms with Crippen molar-refractivity contribution in [1.82, 2.24) is 5.32 Å². The Balaban J connectivity index is 2.31. The number of hydrogen-bond acceptors (Lipinski definition) is 3. The second-order valence-corrected chi connectivity index (χ2v) is 6.46. The molecule has 0 aliphatic rings. The van der Waals surface area contributed by atoms with E-state index in [1.54, 1.807) is 0 Å². The van der Waals surface area contributed by atoms with E-state index < -0.39 is 11.7 Å². The lowest BCUT2D eigenvalue weighted by atomic mass is 10.00. The predicted octanol–water partition coefficient (Wildman–Crippen LogP) is 4.34. The van der Waals surface area contributed by atoms with Crippen LogP contribution in [-0.2, 0) is 4.74 Å². The van der Waals surface area contributed by atoms with Crippen LogP contribution < -0.4 is 5.32 Å². The quantitative estimate of drug-likeness (QED) is 0.724. The topological polar surface area (TPSA) is 55.4 Å². The van der Waals surface area contributed by atoms with Crippen LogP contribution >= 0.6 is 0 Å². The molecule has 1 N–H and O–H groups in total. The van der Waals surface area contributed by atoms with Gasteiger partial charge in [0.15, 0.2) is 5.78 Å². The minimum atomic E-state index is -0.480. The van der Waals surface area contributed by atoms with E-state index in [-0.39, 0.29) is 17.5 Å². The van der Waals surface area contributed by atoms with Gasteiger partial charge >= 0.3 is 6.09 Å². The molecule has 0 bridgehead atoms. The molecule has 1 atom stereocenters. The molecule has 0 aromatic heterocycles. The predicted molar refractivity (Wildman–Crippen MR) is 88.0 cm³/mol. The first-order chi connectivity index (χ1) is 10.7. The number of hydrogen-bond donors (Lipinski definition) is 1. The highest BCUT2D eigenvalue weighted by molar-refractivity contribution is 5.95. The minimum Gasteiger partial charge on any atom is -0.444 e. The van der Waals surface area contributed by atoms with Crippen LogP contribution in [0.1, 0.15) is 57.3 Å². The van der Waals surface area contributed by atoms with Gasteiger partial charge in [-0.3, -0.25) is 4.79 Å². The molecule has 0 heterocycles. The van der Waals surface area contributed by atoms with Crippen LogP contribution in [0.15, 0.2) is 24.3 Å². The Morgan fingerprint density at radius 3 is 2.43 bits per heavy atom. The smallest absolute Gasteiger partial charge is 0.407 e. The van der Waals surface area contributed by atoms with Crippen molar-refractivity contribution in [3.05, 3.63) is 35.6 Å². The average Bonchev–Trinajstić information content (AvgIpc) is 2.51. The summed E-state index contributed by atoms with van der Waals surface area (Å²) in [5, 5.41) is 2.72. The molecule has 0 unspecified atom stereocenters. The standard InChI is InChI=1S/C18H26FNO3/c1-5-18(3,4)23-17(22)20-12-13(2)6-11-16(21)14-7-9-15(19)10-8-14/h7-10,13H,5-6,11-12H2,1-4H3,(H,20,22)/t13-/m0/s1. The maximum absolute atomic E-state index is 12.8. The number of amides is 1. The summed E-state index contributed by atoms with van der Waals surface area (Å²) in [4.78, 5) is 23.7. The van der Waals surface area contributed by atoms with Gasteiger partial charge in [0.25, 0.3) is 0 Å². The van der Waals surface area contributed by atoms with Crippen molar-refractivity contribution in [2.75, 3.05) is 6.54 Å². The van der Waals surface area contributed by atoms with Gasteiger partial charge in [-0.1, -0.05) is 13.8 Å². The molecule has 0 spiro atoms. The number of carbonyl (C=O) groups is 2. The van der Waals surface area contributed by atoms with E-state index >= 15 is 0 Å². The van der Waals surface area contributed by atoms with Crippen molar-refractivity contribution in [2.45, 2.75) is 52.6 Å². The first-order valence-corrected chi connectivity index (χ1v) is 7.99. The summed E-state index contributed by atoms with van der Waals surface area (Å²) in [6, 6.07) is 5.54. The summed E-state index contributed by atoms with van der Waals surface area (Å²) in [5.74, 6) is -0.226. The Hall–Kier alpha value is -1.91. The fourth-order valence-corrected chi connectivity index (χ4v) is 1.88.